The third-order valence-electron chi connectivity index (χ3n) is 4.80. The number of nitrogens with zero attached hydrogens (tertiary/aromatic N) is 3. The SMILES string of the molecule is CC(C)c1ccc(NC(=O)CN2CCN(Cc3ccccn3)CC2)cc1. The molecule has 0 atom stereocenters. The molecule has 26 heavy (non-hydrogen) atoms. The molecule has 0 radical (unpaired) electrons. The molecule has 5 heteroatoms. The van der Waals surface area contributed by atoms with Gasteiger partial charge in [-0.05, 0) is 35.7 Å². The Labute approximate surface area is 156 Å². The van der Waals surface area contributed by atoms with Crippen LogP contribution < -0.4 is 5.32 Å². The summed E-state index contributed by atoms with van der Waals surface area (Å²) in [6, 6.07) is 14.2. The van der Waals surface area contributed by atoms with Crippen LogP contribution in [0.4, 0.5) is 5.69 Å². The molecule has 1 saturated heterocycles. The van der Waals surface area contributed by atoms with Gasteiger partial charge in [0.15, 0.2) is 0 Å². The lowest BCUT2D eigenvalue weighted by molar-refractivity contribution is -0.117. The molecule has 0 unspecified atom stereocenters. The van der Waals surface area contributed by atoms with Crippen LogP contribution in [-0.2, 0) is 11.3 Å². The van der Waals surface area contributed by atoms with E-state index in [1.165, 1.54) is 5.56 Å². The van der Waals surface area contributed by atoms with Crippen LogP contribution in [0.25, 0.3) is 0 Å². The van der Waals surface area contributed by atoms with Gasteiger partial charge in [0.25, 0.3) is 0 Å². The quantitative estimate of drug-likeness (QED) is 0.868. The number of piperazine rings is 1. The summed E-state index contributed by atoms with van der Waals surface area (Å²) in [6.45, 7) is 9.41. The van der Waals surface area contributed by atoms with Gasteiger partial charge < -0.3 is 5.32 Å². The second-order valence-electron chi connectivity index (χ2n) is 7.20. The van der Waals surface area contributed by atoms with Crippen molar-refractivity contribution in [1.82, 2.24) is 14.8 Å². The maximum absolute atomic E-state index is 12.3. The lowest BCUT2D eigenvalue weighted by atomic mass is 10.0. The molecule has 1 aromatic carbocycles. The zero-order valence-corrected chi connectivity index (χ0v) is 15.7. The first-order valence-electron chi connectivity index (χ1n) is 9.34. The molecule has 2 heterocycles. The van der Waals surface area contributed by atoms with Crippen LogP contribution in [-0.4, -0.2) is 53.4 Å². The minimum absolute atomic E-state index is 0.0560. The number of aromatic nitrogens is 1. The van der Waals surface area contributed by atoms with E-state index >= 15 is 0 Å². The highest BCUT2D eigenvalue weighted by atomic mass is 16.2. The van der Waals surface area contributed by atoms with Crippen molar-refractivity contribution in [2.45, 2.75) is 26.3 Å². The lowest BCUT2D eigenvalue weighted by Gasteiger charge is -2.34. The number of nitrogens with one attached hydrogen (secondary N) is 1. The number of hydrogen-bond acceptors (Lipinski definition) is 4. The Kier molecular flexibility index (Phi) is 6.36. The summed E-state index contributed by atoms with van der Waals surface area (Å²) < 4.78 is 0. The van der Waals surface area contributed by atoms with Crippen molar-refractivity contribution in [3.8, 4) is 0 Å². The van der Waals surface area contributed by atoms with Crippen LogP contribution in [0.3, 0.4) is 0 Å². The van der Waals surface area contributed by atoms with Gasteiger partial charge in [0, 0.05) is 44.6 Å². The monoisotopic (exact) mass is 352 g/mol. The number of pyridine rings is 1. The Morgan fingerprint density at radius 2 is 1.73 bits per heavy atom. The molecular weight excluding hydrogens is 324 g/mol. The molecule has 5 nitrogen and oxygen atoms in total. The van der Waals surface area contributed by atoms with Gasteiger partial charge in [0.05, 0.1) is 12.2 Å². The molecule has 0 spiro atoms. The van der Waals surface area contributed by atoms with Gasteiger partial charge in [0.2, 0.25) is 5.91 Å². The normalized spacial score (nSPS) is 16.0. The van der Waals surface area contributed by atoms with Gasteiger partial charge in [-0.1, -0.05) is 32.0 Å². The molecule has 1 N–H and O–H groups in total. The average Bonchev–Trinajstić information content (AvgIpc) is 2.64. The molecule has 2 aromatic rings. The Morgan fingerprint density at radius 1 is 1.04 bits per heavy atom. The maximum Gasteiger partial charge on any atom is 0.238 e. The zero-order valence-electron chi connectivity index (χ0n) is 15.7. The molecule has 0 bridgehead atoms. The van der Waals surface area contributed by atoms with Crippen LogP contribution >= 0.6 is 0 Å². The number of carbonyl (C=O) groups excluding carboxylic acids is 1. The Morgan fingerprint density at radius 3 is 2.35 bits per heavy atom. The predicted molar refractivity (Wildman–Crippen MR) is 105 cm³/mol. The highest BCUT2D eigenvalue weighted by Crippen LogP contribution is 2.17. The summed E-state index contributed by atoms with van der Waals surface area (Å²) in [5.41, 5.74) is 3.25. The van der Waals surface area contributed by atoms with E-state index in [1.54, 1.807) is 0 Å². The van der Waals surface area contributed by atoms with E-state index in [9.17, 15) is 4.79 Å². The smallest absolute Gasteiger partial charge is 0.238 e. The van der Waals surface area contributed by atoms with Gasteiger partial charge in [-0.25, -0.2) is 0 Å². The first-order valence-corrected chi connectivity index (χ1v) is 9.34. The number of anilines is 1. The fourth-order valence-corrected chi connectivity index (χ4v) is 3.18. The molecular formula is C21H28N4O. The van der Waals surface area contributed by atoms with E-state index in [2.05, 4.69) is 52.1 Å². The molecule has 138 valence electrons. The number of hydrogen-bond donors (Lipinski definition) is 1. The summed E-state index contributed by atoms with van der Waals surface area (Å²) in [4.78, 5) is 21.3. The third kappa shape index (κ3) is 5.38. The minimum atomic E-state index is 0.0560. The van der Waals surface area contributed by atoms with Crippen LogP contribution in [0.5, 0.6) is 0 Å². The summed E-state index contributed by atoms with van der Waals surface area (Å²) in [6.07, 6.45) is 1.84. The first kappa shape index (κ1) is 18.5. The molecule has 1 amide bonds. The van der Waals surface area contributed by atoms with Crippen molar-refractivity contribution in [3.63, 3.8) is 0 Å². The number of rotatable bonds is 6. The number of amides is 1. The summed E-state index contributed by atoms with van der Waals surface area (Å²) >= 11 is 0. The minimum Gasteiger partial charge on any atom is -0.325 e. The van der Waals surface area contributed by atoms with Gasteiger partial charge in [-0.15, -0.1) is 0 Å². The Bertz CT molecular complexity index is 692. The predicted octanol–water partition coefficient (Wildman–Crippen LogP) is 2.96. The standard InChI is InChI=1S/C21H28N4O/c1-17(2)18-6-8-19(9-7-18)23-21(26)16-25-13-11-24(12-14-25)15-20-5-3-4-10-22-20/h3-10,17H,11-16H2,1-2H3,(H,23,26). The summed E-state index contributed by atoms with van der Waals surface area (Å²) in [5, 5.41) is 3.00. The molecule has 1 aliphatic heterocycles. The van der Waals surface area contributed by atoms with E-state index in [-0.39, 0.29) is 5.91 Å². The van der Waals surface area contributed by atoms with Gasteiger partial charge in [-0.2, -0.15) is 0 Å². The van der Waals surface area contributed by atoms with E-state index in [1.807, 2.05) is 30.5 Å². The highest BCUT2D eigenvalue weighted by molar-refractivity contribution is 5.92. The van der Waals surface area contributed by atoms with Crippen LogP contribution in [0.1, 0.15) is 31.0 Å². The number of carbonyl (C=O) groups is 1. The molecule has 1 aromatic heterocycles. The van der Waals surface area contributed by atoms with Crippen molar-refractivity contribution in [2.24, 2.45) is 0 Å². The van der Waals surface area contributed by atoms with E-state index in [0.29, 0.717) is 12.5 Å². The largest absolute Gasteiger partial charge is 0.325 e. The topological polar surface area (TPSA) is 48.5 Å². The lowest BCUT2D eigenvalue weighted by Crippen LogP contribution is -2.48. The third-order valence-corrected chi connectivity index (χ3v) is 4.80. The van der Waals surface area contributed by atoms with Crippen molar-refractivity contribution in [1.29, 1.82) is 0 Å². The Balaban J connectivity index is 1.41. The van der Waals surface area contributed by atoms with Gasteiger partial charge in [-0.3, -0.25) is 19.6 Å². The van der Waals surface area contributed by atoms with Crippen molar-refractivity contribution < 1.29 is 4.79 Å². The summed E-state index contributed by atoms with van der Waals surface area (Å²) in [5.74, 6) is 0.558. The van der Waals surface area contributed by atoms with Gasteiger partial charge >= 0.3 is 0 Å². The fourth-order valence-electron chi connectivity index (χ4n) is 3.18. The van der Waals surface area contributed by atoms with Crippen molar-refractivity contribution in [3.05, 3.63) is 59.9 Å². The highest BCUT2D eigenvalue weighted by Gasteiger charge is 2.19. The first-order chi connectivity index (χ1) is 12.6. The van der Waals surface area contributed by atoms with E-state index in [0.717, 1.165) is 44.1 Å². The maximum atomic E-state index is 12.3. The van der Waals surface area contributed by atoms with Gasteiger partial charge in [0.1, 0.15) is 0 Å². The van der Waals surface area contributed by atoms with Crippen LogP contribution in [0.15, 0.2) is 48.7 Å². The second-order valence-corrected chi connectivity index (χ2v) is 7.20. The molecule has 0 aliphatic carbocycles. The fraction of sp³-hybridized carbons (Fsp3) is 0.429. The van der Waals surface area contributed by atoms with E-state index in [4.69, 9.17) is 0 Å². The van der Waals surface area contributed by atoms with E-state index < -0.39 is 0 Å². The van der Waals surface area contributed by atoms with Crippen molar-refractivity contribution >= 4 is 11.6 Å². The Hall–Kier alpha value is -2.24. The van der Waals surface area contributed by atoms with Crippen LogP contribution in [0.2, 0.25) is 0 Å². The molecule has 1 aliphatic rings. The average molecular weight is 352 g/mol. The molecule has 0 saturated carbocycles. The second kappa shape index (κ2) is 8.92. The van der Waals surface area contributed by atoms with Crippen LogP contribution in [0, 0.1) is 0 Å². The zero-order chi connectivity index (χ0) is 18.4. The molecule has 1 fully saturated rings. The summed E-state index contributed by atoms with van der Waals surface area (Å²) in [7, 11) is 0. The number of benzene rings is 1. The van der Waals surface area contributed by atoms with Crippen molar-refractivity contribution in [2.75, 3.05) is 38.0 Å². The molecule has 3 rings (SSSR count).